The van der Waals surface area contributed by atoms with Gasteiger partial charge in [0.25, 0.3) is 0 Å². The number of imidazole rings is 2. The number of thioether (sulfide) groups is 2. The van der Waals surface area contributed by atoms with Crippen molar-refractivity contribution in [3.05, 3.63) is 157 Å². The monoisotopic (exact) mass is 1060 g/mol. The number of rotatable bonds is 20. The average molecular weight is 1060 g/mol. The van der Waals surface area contributed by atoms with Gasteiger partial charge in [-0.2, -0.15) is 23.5 Å². The summed E-state index contributed by atoms with van der Waals surface area (Å²) in [6, 6.07) is 29.5. The molecule has 6 aliphatic rings. The fourth-order valence-electron chi connectivity index (χ4n) is 10.7. The van der Waals surface area contributed by atoms with Crippen LogP contribution in [0.1, 0.15) is 84.5 Å². The zero-order valence-corrected chi connectivity index (χ0v) is 45.1. The van der Waals surface area contributed by atoms with E-state index in [0.717, 1.165) is 97.0 Å². The minimum atomic E-state index is -0.689. The molecule has 4 amide bonds. The van der Waals surface area contributed by atoms with Crippen LogP contribution in [0.25, 0.3) is 44.8 Å². The third-order valence-corrected chi connectivity index (χ3v) is 16.0. The highest BCUT2D eigenvalue weighted by atomic mass is 32.2. The van der Waals surface area contributed by atoms with Gasteiger partial charge in [0.2, 0.25) is 11.8 Å². The van der Waals surface area contributed by atoms with E-state index in [9.17, 15) is 19.2 Å². The summed E-state index contributed by atoms with van der Waals surface area (Å²) in [5.41, 5.74) is 13.8. The number of aromatic nitrogens is 4. The zero-order chi connectivity index (χ0) is 53.0. The van der Waals surface area contributed by atoms with E-state index >= 15 is 0 Å². The first-order valence-electron chi connectivity index (χ1n) is 26.4. The van der Waals surface area contributed by atoms with Crippen molar-refractivity contribution in [1.29, 1.82) is 0 Å². The maximum Gasteiger partial charge on any atom is 0.408 e. The minimum Gasteiger partial charge on any atom is -0.445 e. The van der Waals surface area contributed by atoms with Gasteiger partial charge in [-0.15, -0.1) is 0 Å². The van der Waals surface area contributed by atoms with Gasteiger partial charge < -0.3 is 39.9 Å². The summed E-state index contributed by atoms with van der Waals surface area (Å²) in [5, 5.41) is 5.57. The standard InChI is InChI=1S/C60H68N8O6S2/c1-5-31-73-59(71)65-49(27-33-75-3)57(69)67-29-7-9-53(67)55-61-37-51(63-55)45-23-19-43(20-24-45)47-35-39-11-15-41(47)17-13-40-12-16-42(18-14-39)48(36-40)44-21-25-46(26-22-44)52-38-62-56(64-52)54-10-8-30-68(54)58(70)50(28-34-76-4)66-60(72)74-32-6-2/h5-6,11-12,15-16,19-26,35-38,49-50,53-54H,1-2,7-10,13-14,17-18,27-34H2,3-4H3,(H,61,63)(H,62,64)(H,65,71)(H,66,72). The lowest BCUT2D eigenvalue weighted by atomic mass is 9.87. The normalized spacial score (nSPS) is 16.9. The number of carbonyl (C=O) groups is 4. The van der Waals surface area contributed by atoms with Gasteiger partial charge in [0.05, 0.1) is 35.9 Å². The average Bonchev–Trinajstić information content (AvgIpc) is 4.31. The molecule has 4 aliphatic carbocycles. The zero-order valence-electron chi connectivity index (χ0n) is 43.5. The van der Waals surface area contributed by atoms with Gasteiger partial charge in [0.15, 0.2) is 0 Å². The first-order valence-corrected chi connectivity index (χ1v) is 29.2. The molecule has 4 bridgehead atoms. The predicted octanol–water partition coefficient (Wildman–Crippen LogP) is 11.1. The Morgan fingerprint density at radius 3 is 1.42 bits per heavy atom. The van der Waals surface area contributed by atoms with Crippen molar-refractivity contribution >= 4 is 47.5 Å². The lowest BCUT2D eigenvalue weighted by Gasteiger charge is -2.28. The van der Waals surface area contributed by atoms with Crippen LogP contribution in [-0.2, 0) is 44.7 Å². The maximum atomic E-state index is 13.9. The summed E-state index contributed by atoms with van der Waals surface area (Å²) >= 11 is 3.26. The molecule has 2 saturated heterocycles. The Bertz CT molecular complexity index is 2810. The molecule has 14 nitrogen and oxygen atoms in total. The topological polar surface area (TPSA) is 175 Å². The third-order valence-electron chi connectivity index (χ3n) is 14.7. The van der Waals surface area contributed by atoms with Gasteiger partial charge in [-0.3, -0.25) is 9.59 Å². The number of likely N-dealkylation sites (tertiary alicyclic amines) is 2. The fraction of sp³-hybridized carbons (Fsp3) is 0.367. The number of alkyl carbamates (subject to hydrolysis) is 2. The lowest BCUT2D eigenvalue weighted by molar-refractivity contribution is -0.135. The second-order valence-electron chi connectivity index (χ2n) is 19.6. The smallest absolute Gasteiger partial charge is 0.408 e. The van der Waals surface area contributed by atoms with Crippen molar-refractivity contribution in [2.75, 3.05) is 50.3 Å². The molecule has 4 unspecified atom stereocenters. The van der Waals surface area contributed by atoms with Gasteiger partial charge >= 0.3 is 12.2 Å². The van der Waals surface area contributed by atoms with Gasteiger partial charge in [-0.25, -0.2) is 19.6 Å². The maximum absolute atomic E-state index is 13.9. The molecule has 4 aromatic carbocycles. The highest BCUT2D eigenvalue weighted by Gasteiger charge is 2.38. The number of carbonyl (C=O) groups excluding carboxylic acids is 4. The molecule has 16 heteroatoms. The molecule has 0 radical (unpaired) electrons. The molecule has 4 N–H and O–H groups in total. The van der Waals surface area contributed by atoms with E-state index in [2.05, 4.69) is 119 Å². The molecular formula is C60H68N8O6S2. The number of benzene rings is 4. The second-order valence-corrected chi connectivity index (χ2v) is 21.6. The molecule has 0 saturated carbocycles. The van der Waals surface area contributed by atoms with Gasteiger partial charge in [0, 0.05) is 13.1 Å². The summed E-state index contributed by atoms with van der Waals surface area (Å²) < 4.78 is 10.3. The van der Waals surface area contributed by atoms with E-state index in [1.165, 1.54) is 56.7 Å². The molecule has 4 heterocycles. The lowest BCUT2D eigenvalue weighted by Crippen LogP contribution is -2.49. The van der Waals surface area contributed by atoms with Crippen molar-refractivity contribution in [2.24, 2.45) is 0 Å². The van der Waals surface area contributed by atoms with E-state index in [0.29, 0.717) is 25.9 Å². The highest BCUT2D eigenvalue weighted by Crippen LogP contribution is 2.37. The summed E-state index contributed by atoms with van der Waals surface area (Å²) in [7, 11) is 0. The number of aryl methyl sites for hydroxylation is 4. The molecule has 76 heavy (non-hydrogen) atoms. The highest BCUT2D eigenvalue weighted by molar-refractivity contribution is 7.98. The van der Waals surface area contributed by atoms with Crippen molar-refractivity contribution in [2.45, 2.75) is 88.4 Å². The van der Waals surface area contributed by atoms with Crippen LogP contribution in [0.5, 0.6) is 0 Å². The van der Waals surface area contributed by atoms with E-state index in [1.807, 2.05) is 34.7 Å². The SMILES string of the molecule is C=CCOC(=O)NC(CCSC)C(=O)N1CCCC1c1ncc(-c2ccc(-c3cc4ccc3CCc3ccc(c(-c5ccc(-c6cnc(C7CCCN7C(=O)C(CCSC)NC(=O)OCC=C)[nH]6)cc5)c3)CC4)cc2)[nH]1. The molecule has 396 valence electrons. The molecule has 2 aliphatic heterocycles. The molecule has 12 rings (SSSR count). The summed E-state index contributed by atoms with van der Waals surface area (Å²) in [6.07, 6.45) is 17.3. The van der Waals surface area contributed by atoms with Crippen LogP contribution in [-0.4, -0.2) is 116 Å². The third kappa shape index (κ3) is 12.8. The van der Waals surface area contributed by atoms with Crippen LogP contribution in [0.2, 0.25) is 0 Å². The Kier molecular flexibility index (Phi) is 18.2. The first-order chi connectivity index (χ1) is 37.1. The summed E-state index contributed by atoms with van der Waals surface area (Å²) in [4.78, 5) is 73.1. The minimum absolute atomic E-state index is 0.0759. The van der Waals surface area contributed by atoms with Crippen molar-refractivity contribution in [1.82, 2.24) is 40.4 Å². The molecule has 6 aromatic rings. The summed E-state index contributed by atoms with van der Waals surface area (Å²) in [6.45, 7) is 8.55. The number of ether oxygens (including phenoxy) is 2. The van der Waals surface area contributed by atoms with Gasteiger partial charge in [-0.1, -0.05) is 110 Å². The van der Waals surface area contributed by atoms with Crippen LogP contribution >= 0.6 is 23.5 Å². The molecule has 0 spiro atoms. The van der Waals surface area contributed by atoms with Crippen molar-refractivity contribution in [3.8, 4) is 44.8 Å². The number of amides is 4. The van der Waals surface area contributed by atoms with E-state index < -0.39 is 24.3 Å². The number of hydrogen-bond acceptors (Lipinski definition) is 10. The van der Waals surface area contributed by atoms with Crippen molar-refractivity contribution in [3.63, 3.8) is 0 Å². The van der Waals surface area contributed by atoms with Gasteiger partial charge in [-0.05, 0) is 144 Å². The van der Waals surface area contributed by atoms with E-state index in [1.54, 1.807) is 23.5 Å². The Morgan fingerprint density at radius 1 is 0.618 bits per heavy atom. The quantitative estimate of drug-likeness (QED) is 0.0539. The number of hydrogen-bond donors (Lipinski definition) is 4. The fourth-order valence-corrected chi connectivity index (χ4v) is 11.6. The molecule has 2 fully saturated rings. The Morgan fingerprint density at radius 2 is 1.03 bits per heavy atom. The van der Waals surface area contributed by atoms with Gasteiger partial charge in [0.1, 0.15) is 36.9 Å². The Hall–Kier alpha value is -7.04. The first kappa shape index (κ1) is 53.8. The number of aromatic amines is 2. The number of nitrogens with one attached hydrogen (secondary N) is 4. The Balaban J connectivity index is 0.854. The number of nitrogens with zero attached hydrogens (tertiary/aromatic N) is 4. The van der Waals surface area contributed by atoms with E-state index in [4.69, 9.17) is 19.4 Å². The van der Waals surface area contributed by atoms with Crippen LogP contribution in [0.15, 0.2) is 123 Å². The largest absolute Gasteiger partial charge is 0.445 e. The van der Waals surface area contributed by atoms with Crippen LogP contribution in [0.3, 0.4) is 0 Å². The van der Waals surface area contributed by atoms with Crippen molar-refractivity contribution < 1.29 is 28.7 Å². The second kappa shape index (κ2) is 25.7. The molecular weight excluding hydrogens is 993 g/mol. The number of H-pyrrole nitrogens is 2. The predicted molar refractivity (Wildman–Crippen MR) is 304 cm³/mol. The van der Waals surface area contributed by atoms with E-state index in [-0.39, 0.29) is 37.1 Å². The van der Waals surface area contributed by atoms with Crippen LogP contribution in [0.4, 0.5) is 9.59 Å². The van der Waals surface area contributed by atoms with Crippen LogP contribution in [0, 0.1) is 0 Å². The molecule has 4 atom stereocenters. The molecule has 2 aromatic heterocycles. The Labute approximate surface area is 454 Å². The summed E-state index contributed by atoms with van der Waals surface area (Å²) in [5.74, 6) is 2.68. The van der Waals surface area contributed by atoms with Crippen LogP contribution < -0.4 is 10.6 Å².